The predicted molar refractivity (Wildman–Crippen MR) is 97.7 cm³/mol. The molecule has 2 aromatic carbocycles. The average Bonchev–Trinajstić information content (AvgIpc) is 3.01. The lowest BCUT2D eigenvalue weighted by atomic mass is 9.92. The largest absolute Gasteiger partial charge is 0.497 e. The number of fused-ring (bicyclic) bond motifs is 1. The summed E-state index contributed by atoms with van der Waals surface area (Å²) in [5, 5.41) is 7.85. The highest BCUT2D eigenvalue weighted by molar-refractivity contribution is 5.42. The van der Waals surface area contributed by atoms with Crippen LogP contribution in [0.2, 0.25) is 0 Å². The van der Waals surface area contributed by atoms with E-state index in [1.54, 1.807) is 7.11 Å². The number of anilines is 2. The molecule has 1 aromatic heterocycles. The minimum atomic E-state index is 0.0908. The molecule has 3 aromatic rings. The van der Waals surface area contributed by atoms with E-state index in [2.05, 4.69) is 58.7 Å². The molecule has 0 fully saturated rings. The molecule has 25 heavy (non-hydrogen) atoms. The quantitative estimate of drug-likeness (QED) is 0.768. The maximum Gasteiger partial charge on any atom is 0.241 e. The molecule has 1 aliphatic heterocycles. The van der Waals surface area contributed by atoms with E-state index in [4.69, 9.17) is 10.5 Å². The summed E-state index contributed by atoms with van der Waals surface area (Å²) >= 11 is 0. The van der Waals surface area contributed by atoms with Crippen molar-refractivity contribution in [1.82, 2.24) is 14.8 Å². The van der Waals surface area contributed by atoms with Crippen molar-refractivity contribution in [2.45, 2.75) is 25.4 Å². The normalized spacial score (nSPS) is 19.1. The van der Waals surface area contributed by atoms with Gasteiger partial charge in [-0.05, 0) is 36.6 Å². The Morgan fingerprint density at radius 2 is 1.96 bits per heavy atom. The molecule has 2 heterocycles. The molecule has 4 rings (SSSR count). The van der Waals surface area contributed by atoms with Gasteiger partial charge < -0.3 is 15.8 Å². The van der Waals surface area contributed by atoms with E-state index < -0.39 is 0 Å². The number of ether oxygens (including phenoxy) is 1. The molecular weight excluding hydrogens is 314 g/mol. The maximum absolute atomic E-state index is 5.85. The molecule has 6 heteroatoms. The number of methoxy groups -OCH3 is 1. The van der Waals surface area contributed by atoms with Crippen molar-refractivity contribution in [3.05, 3.63) is 65.2 Å². The van der Waals surface area contributed by atoms with Crippen LogP contribution in [0.1, 0.15) is 35.2 Å². The molecule has 0 spiro atoms. The number of nitrogens with zero attached hydrogens (tertiary/aromatic N) is 3. The Hall–Kier alpha value is -3.02. The van der Waals surface area contributed by atoms with E-state index in [1.165, 1.54) is 16.7 Å². The van der Waals surface area contributed by atoms with E-state index in [0.717, 1.165) is 12.2 Å². The topological polar surface area (TPSA) is 78.0 Å². The van der Waals surface area contributed by atoms with Gasteiger partial charge in [0.15, 0.2) is 0 Å². The molecule has 0 unspecified atom stereocenters. The van der Waals surface area contributed by atoms with Gasteiger partial charge in [-0.3, -0.25) is 0 Å². The smallest absolute Gasteiger partial charge is 0.241 e. The van der Waals surface area contributed by atoms with Crippen LogP contribution >= 0.6 is 0 Å². The van der Waals surface area contributed by atoms with Crippen molar-refractivity contribution >= 4 is 11.9 Å². The molecular formula is C19H21N5O. The van der Waals surface area contributed by atoms with Crippen LogP contribution in [0.5, 0.6) is 5.75 Å². The van der Waals surface area contributed by atoms with Crippen LogP contribution in [0.4, 0.5) is 11.9 Å². The Bertz CT molecular complexity index is 887. The number of hydrogen-bond donors (Lipinski definition) is 2. The summed E-state index contributed by atoms with van der Waals surface area (Å²) in [6.07, 6.45) is 0.867. The number of rotatable bonds is 3. The van der Waals surface area contributed by atoms with Crippen molar-refractivity contribution in [2.24, 2.45) is 0 Å². The fourth-order valence-corrected chi connectivity index (χ4v) is 3.40. The standard InChI is InChI=1S/C19H21N5O/c1-12-4-3-5-14(10-12)17-11-16(13-6-8-15(25-2)9-7-13)21-19-22-18(20)23-24(17)19/h3-10,16-17H,11H2,1-2H3,(H3,20,21,22,23)/t16-,17+/m1/s1. The Morgan fingerprint density at radius 1 is 1.16 bits per heavy atom. The van der Waals surface area contributed by atoms with Crippen LogP contribution in [-0.4, -0.2) is 21.9 Å². The van der Waals surface area contributed by atoms with Gasteiger partial charge in [0, 0.05) is 0 Å². The van der Waals surface area contributed by atoms with Crippen LogP contribution in [0.25, 0.3) is 0 Å². The fraction of sp³-hybridized carbons (Fsp3) is 0.263. The number of aryl methyl sites for hydroxylation is 1. The average molecular weight is 335 g/mol. The highest BCUT2D eigenvalue weighted by Crippen LogP contribution is 2.38. The first-order chi connectivity index (χ1) is 12.1. The number of hydrogen-bond acceptors (Lipinski definition) is 5. The van der Waals surface area contributed by atoms with Crippen molar-refractivity contribution < 1.29 is 4.74 Å². The maximum atomic E-state index is 5.85. The van der Waals surface area contributed by atoms with Crippen LogP contribution in [0.15, 0.2) is 48.5 Å². The third kappa shape index (κ3) is 2.91. The molecule has 6 nitrogen and oxygen atoms in total. The van der Waals surface area contributed by atoms with Crippen molar-refractivity contribution in [3.63, 3.8) is 0 Å². The fourth-order valence-electron chi connectivity index (χ4n) is 3.40. The van der Waals surface area contributed by atoms with Gasteiger partial charge in [-0.1, -0.05) is 42.0 Å². The number of benzene rings is 2. The Morgan fingerprint density at radius 3 is 2.68 bits per heavy atom. The second kappa shape index (κ2) is 6.12. The minimum absolute atomic E-state index is 0.0908. The SMILES string of the molecule is COc1ccc([C@H]2C[C@@H](c3cccc(C)c3)n3nc(N)nc3N2)cc1. The number of nitrogens with one attached hydrogen (secondary N) is 1. The van der Waals surface area contributed by atoms with Crippen LogP contribution in [0.3, 0.4) is 0 Å². The molecule has 3 N–H and O–H groups in total. The molecule has 128 valence electrons. The van der Waals surface area contributed by atoms with E-state index in [1.807, 2.05) is 16.8 Å². The summed E-state index contributed by atoms with van der Waals surface area (Å²) in [5.74, 6) is 1.84. The van der Waals surface area contributed by atoms with E-state index in [-0.39, 0.29) is 18.0 Å². The van der Waals surface area contributed by atoms with Gasteiger partial charge in [0.25, 0.3) is 0 Å². The first kappa shape index (κ1) is 15.5. The lowest BCUT2D eigenvalue weighted by Gasteiger charge is -2.31. The van der Waals surface area contributed by atoms with Crippen molar-refractivity contribution in [2.75, 3.05) is 18.2 Å². The van der Waals surface area contributed by atoms with Crippen LogP contribution in [0, 0.1) is 6.92 Å². The third-order valence-electron chi connectivity index (χ3n) is 4.65. The van der Waals surface area contributed by atoms with Crippen LogP contribution in [-0.2, 0) is 0 Å². The summed E-state index contributed by atoms with van der Waals surface area (Å²) in [5.41, 5.74) is 9.48. The number of nitrogen functional groups attached to an aromatic ring is 1. The first-order valence-corrected chi connectivity index (χ1v) is 8.33. The van der Waals surface area contributed by atoms with Gasteiger partial charge in [0.05, 0.1) is 19.2 Å². The Kier molecular flexibility index (Phi) is 3.80. The first-order valence-electron chi connectivity index (χ1n) is 8.33. The molecule has 0 radical (unpaired) electrons. The van der Waals surface area contributed by atoms with Crippen molar-refractivity contribution in [1.29, 1.82) is 0 Å². The third-order valence-corrected chi connectivity index (χ3v) is 4.65. The van der Waals surface area contributed by atoms with Crippen molar-refractivity contribution in [3.8, 4) is 5.75 Å². The van der Waals surface area contributed by atoms with Gasteiger partial charge in [-0.2, -0.15) is 4.98 Å². The summed E-state index contributed by atoms with van der Waals surface area (Å²) < 4.78 is 7.15. The lowest BCUT2D eigenvalue weighted by molar-refractivity contribution is 0.413. The van der Waals surface area contributed by atoms with Gasteiger partial charge >= 0.3 is 0 Å². The lowest BCUT2D eigenvalue weighted by Crippen LogP contribution is -2.28. The van der Waals surface area contributed by atoms with Gasteiger partial charge in [-0.15, -0.1) is 5.10 Å². The monoisotopic (exact) mass is 335 g/mol. The predicted octanol–water partition coefficient (Wildman–Crippen LogP) is 3.32. The second-order valence-electron chi connectivity index (χ2n) is 6.37. The molecule has 1 aliphatic rings. The molecule has 0 bridgehead atoms. The van der Waals surface area contributed by atoms with Gasteiger partial charge in [0.2, 0.25) is 11.9 Å². The molecule has 0 amide bonds. The Balaban J connectivity index is 1.73. The Labute approximate surface area is 146 Å². The summed E-state index contributed by atoms with van der Waals surface area (Å²) in [6, 6.07) is 16.9. The zero-order chi connectivity index (χ0) is 17.4. The van der Waals surface area contributed by atoms with E-state index in [9.17, 15) is 0 Å². The highest BCUT2D eigenvalue weighted by Gasteiger charge is 2.30. The van der Waals surface area contributed by atoms with E-state index in [0.29, 0.717) is 5.95 Å². The summed E-state index contributed by atoms with van der Waals surface area (Å²) in [7, 11) is 1.67. The molecule has 0 saturated carbocycles. The zero-order valence-electron chi connectivity index (χ0n) is 14.3. The molecule has 2 atom stereocenters. The molecule has 0 saturated heterocycles. The van der Waals surface area contributed by atoms with Gasteiger partial charge in [0.1, 0.15) is 5.75 Å². The minimum Gasteiger partial charge on any atom is -0.497 e. The number of aromatic nitrogens is 3. The highest BCUT2D eigenvalue weighted by atomic mass is 16.5. The summed E-state index contributed by atoms with van der Waals surface area (Å²) in [4.78, 5) is 4.35. The van der Waals surface area contributed by atoms with E-state index >= 15 is 0 Å². The molecule has 0 aliphatic carbocycles. The summed E-state index contributed by atoms with van der Waals surface area (Å²) in [6.45, 7) is 2.10. The number of nitrogens with two attached hydrogens (primary N) is 1. The second-order valence-corrected chi connectivity index (χ2v) is 6.37. The van der Waals surface area contributed by atoms with Crippen LogP contribution < -0.4 is 15.8 Å². The van der Waals surface area contributed by atoms with Gasteiger partial charge in [-0.25, -0.2) is 4.68 Å². The zero-order valence-corrected chi connectivity index (χ0v) is 14.3.